The topological polar surface area (TPSA) is 45.2 Å². The van der Waals surface area contributed by atoms with E-state index in [1.165, 1.54) is 0 Å². The second-order valence-corrected chi connectivity index (χ2v) is 6.19. The molecule has 1 amide bonds. The van der Waals surface area contributed by atoms with Crippen molar-refractivity contribution < 1.29 is 4.79 Å². The van der Waals surface area contributed by atoms with Crippen molar-refractivity contribution in [2.75, 3.05) is 19.6 Å². The Morgan fingerprint density at radius 1 is 1.43 bits per heavy atom. The van der Waals surface area contributed by atoms with Crippen LogP contribution in [-0.2, 0) is 11.2 Å². The molecule has 0 radical (unpaired) electrons. The first-order valence-electron chi connectivity index (χ1n) is 7.24. The molecule has 1 aromatic heterocycles. The van der Waals surface area contributed by atoms with Crippen molar-refractivity contribution in [2.45, 2.75) is 19.4 Å². The molecule has 1 fully saturated rings. The largest absolute Gasteiger partial charge is 0.337 e. The maximum Gasteiger partial charge on any atom is 0.228 e. The molecule has 0 saturated carbocycles. The van der Waals surface area contributed by atoms with E-state index in [-0.39, 0.29) is 11.9 Å². The van der Waals surface area contributed by atoms with Crippen LogP contribution in [0.15, 0.2) is 35.7 Å². The summed E-state index contributed by atoms with van der Waals surface area (Å²) in [6.07, 6.45) is 0.397. The lowest BCUT2D eigenvalue weighted by molar-refractivity contribution is -0.133. The van der Waals surface area contributed by atoms with Crippen molar-refractivity contribution in [1.29, 1.82) is 0 Å². The number of aromatic nitrogens is 1. The van der Waals surface area contributed by atoms with Crippen LogP contribution in [0.4, 0.5) is 0 Å². The minimum Gasteiger partial charge on any atom is -0.337 e. The summed E-state index contributed by atoms with van der Waals surface area (Å²) in [5, 5.41) is 6.27. The molecular weight excluding hydrogens is 282 g/mol. The molecule has 110 valence electrons. The van der Waals surface area contributed by atoms with E-state index in [9.17, 15) is 4.79 Å². The van der Waals surface area contributed by atoms with Gasteiger partial charge in [-0.1, -0.05) is 30.3 Å². The lowest BCUT2D eigenvalue weighted by Gasteiger charge is -2.33. The van der Waals surface area contributed by atoms with Gasteiger partial charge in [0.05, 0.1) is 12.1 Å². The van der Waals surface area contributed by atoms with Crippen molar-refractivity contribution in [1.82, 2.24) is 15.2 Å². The van der Waals surface area contributed by atoms with Crippen molar-refractivity contribution >= 4 is 17.2 Å². The van der Waals surface area contributed by atoms with Gasteiger partial charge in [0.15, 0.2) is 0 Å². The Labute approximate surface area is 128 Å². The number of nitrogens with zero attached hydrogens (tertiary/aromatic N) is 2. The first-order valence-corrected chi connectivity index (χ1v) is 8.12. The second-order valence-electron chi connectivity index (χ2n) is 5.33. The van der Waals surface area contributed by atoms with Crippen LogP contribution in [0.3, 0.4) is 0 Å². The molecule has 1 aliphatic rings. The number of nitrogens with one attached hydrogen (secondary N) is 1. The maximum atomic E-state index is 12.4. The Hall–Kier alpha value is -1.72. The van der Waals surface area contributed by atoms with Crippen LogP contribution in [0, 0.1) is 0 Å². The molecule has 4 nitrogen and oxygen atoms in total. The fraction of sp³-hybridized carbons (Fsp3) is 0.375. The van der Waals surface area contributed by atoms with Crippen molar-refractivity contribution in [3.05, 3.63) is 41.4 Å². The molecule has 0 bridgehead atoms. The molecule has 1 saturated heterocycles. The number of benzene rings is 1. The van der Waals surface area contributed by atoms with E-state index >= 15 is 0 Å². The Morgan fingerprint density at radius 3 is 3.00 bits per heavy atom. The smallest absolute Gasteiger partial charge is 0.228 e. The fourth-order valence-corrected chi connectivity index (χ4v) is 3.40. The lowest BCUT2D eigenvalue weighted by Crippen LogP contribution is -2.52. The number of hydrogen-bond donors (Lipinski definition) is 1. The van der Waals surface area contributed by atoms with Gasteiger partial charge >= 0.3 is 0 Å². The van der Waals surface area contributed by atoms with Gasteiger partial charge in [0.25, 0.3) is 0 Å². The van der Waals surface area contributed by atoms with E-state index in [2.05, 4.69) is 17.2 Å². The van der Waals surface area contributed by atoms with E-state index < -0.39 is 0 Å². The summed E-state index contributed by atoms with van der Waals surface area (Å²) < 4.78 is 0. The Balaban J connectivity index is 1.68. The van der Waals surface area contributed by atoms with Crippen LogP contribution < -0.4 is 5.32 Å². The van der Waals surface area contributed by atoms with Gasteiger partial charge in [-0.25, -0.2) is 4.98 Å². The lowest BCUT2D eigenvalue weighted by atomic mass is 10.2. The van der Waals surface area contributed by atoms with Crippen LogP contribution in [0.5, 0.6) is 0 Å². The number of rotatable bonds is 3. The number of carbonyl (C=O) groups excluding carboxylic acids is 1. The van der Waals surface area contributed by atoms with Gasteiger partial charge in [-0.3, -0.25) is 4.79 Å². The van der Waals surface area contributed by atoms with Crippen LogP contribution in [0.25, 0.3) is 10.6 Å². The zero-order chi connectivity index (χ0) is 14.7. The molecular formula is C16H19N3OS. The first-order chi connectivity index (χ1) is 10.2. The Kier molecular flexibility index (Phi) is 4.31. The van der Waals surface area contributed by atoms with Gasteiger partial charge in [-0.2, -0.15) is 0 Å². The summed E-state index contributed by atoms with van der Waals surface area (Å²) in [6.45, 7) is 4.62. The summed E-state index contributed by atoms with van der Waals surface area (Å²) in [5.41, 5.74) is 1.98. The van der Waals surface area contributed by atoms with Crippen LogP contribution in [0.1, 0.15) is 12.6 Å². The predicted octanol–water partition coefficient (Wildman–Crippen LogP) is 2.17. The predicted molar refractivity (Wildman–Crippen MR) is 85.3 cm³/mol. The van der Waals surface area contributed by atoms with E-state index in [1.807, 2.05) is 40.6 Å². The van der Waals surface area contributed by atoms with Crippen LogP contribution in [0.2, 0.25) is 0 Å². The van der Waals surface area contributed by atoms with Crippen molar-refractivity contribution in [3.8, 4) is 10.6 Å². The average molecular weight is 301 g/mol. The van der Waals surface area contributed by atoms with E-state index in [1.54, 1.807) is 11.3 Å². The third kappa shape index (κ3) is 3.31. The monoisotopic (exact) mass is 301 g/mol. The van der Waals surface area contributed by atoms with Gasteiger partial charge < -0.3 is 10.2 Å². The summed E-state index contributed by atoms with van der Waals surface area (Å²) in [6, 6.07) is 10.4. The normalized spacial score (nSPS) is 18.7. The molecule has 2 heterocycles. The molecule has 1 aliphatic heterocycles. The highest BCUT2D eigenvalue weighted by atomic mass is 32.1. The van der Waals surface area contributed by atoms with Crippen LogP contribution in [-0.4, -0.2) is 41.5 Å². The van der Waals surface area contributed by atoms with Gasteiger partial charge in [-0.15, -0.1) is 11.3 Å². The number of amides is 1. The molecule has 0 spiro atoms. The van der Waals surface area contributed by atoms with E-state index in [4.69, 9.17) is 0 Å². The number of thiazole rings is 1. The van der Waals surface area contributed by atoms with Gasteiger partial charge in [0.1, 0.15) is 5.01 Å². The average Bonchev–Trinajstić information content (AvgIpc) is 2.97. The zero-order valence-electron chi connectivity index (χ0n) is 12.1. The third-order valence-corrected chi connectivity index (χ3v) is 4.67. The van der Waals surface area contributed by atoms with Crippen molar-refractivity contribution in [3.63, 3.8) is 0 Å². The molecule has 21 heavy (non-hydrogen) atoms. The quantitative estimate of drug-likeness (QED) is 0.945. The molecule has 3 rings (SSSR count). The molecule has 1 aromatic carbocycles. The van der Waals surface area contributed by atoms with E-state index in [0.717, 1.165) is 35.9 Å². The molecule has 5 heteroatoms. The van der Waals surface area contributed by atoms with Gasteiger partial charge in [0, 0.05) is 36.6 Å². The second kappa shape index (κ2) is 6.37. The standard InChI is InChI=1S/C16H19N3OS/c1-12-10-17-7-8-19(12)15(20)9-14-11-21-16(18-14)13-5-3-2-4-6-13/h2-6,11-12,17H,7-10H2,1H3/t12-/m0/s1. The number of piperazine rings is 1. The zero-order valence-corrected chi connectivity index (χ0v) is 12.9. The third-order valence-electron chi connectivity index (χ3n) is 3.73. The summed E-state index contributed by atoms with van der Waals surface area (Å²) in [4.78, 5) is 18.9. The highest BCUT2D eigenvalue weighted by Gasteiger charge is 2.23. The van der Waals surface area contributed by atoms with E-state index in [0.29, 0.717) is 6.42 Å². The Bertz CT molecular complexity index is 611. The SMILES string of the molecule is C[C@H]1CNCCN1C(=O)Cc1csc(-c2ccccc2)n1. The van der Waals surface area contributed by atoms with Crippen LogP contribution >= 0.6 is 11.3 Å². The molecule has 1 atom stereocenters. The highest BCUT2D eigenvalue weighted by molar-refractivity contribution is 7.13. The maximum absolute atomic E-state index is 12.4. The molecule has 1 N–H and O–H groups in total. The minimum atomic E-state index is 0.175. The highest BCUT2D eigenvalue weighted by Crippen LogP contribution is 2.23. The first kappa shape index (κ1) is 14.2. The fourth-order valence-electron chi connectivity index (χ4n) is 2.57. The minimum absolute atomic E-state index is 0.175. The number of carbonyl (C=O) groups is 1. The number of hydrogen-bond acceptors (Lipinski definition) is 4. The summed E-state index contributed by atoms with van der Waals surface area (Å²) in [5.74, 6) is 0.175. The molecule has 2 aromatic rings. The summed E-state index contributed by atoms with van der Waals surface area (Å²) in [7, 11) is 0. The Morgan fingerprint density at radius 2 is 2.24 bits per heavy atom. The molecule has 0 aliphatic carbocycles. The van der Waals surface area contributed by atoms with Crippen molar-refractivity contribution in [2.24, 2.45) is 0 Å². The van der Waals surface area contributed by atoms with Gasteiger partial charge in [-0.05, 0) is 6.92 Å². The summed E-state index contributed by atoms with van der Waals surface area (Å²) >= 11 is 1.60. The van der Waals surface area contributed by atoms with Gasteiger partial charge in [0.2, 0.25) is 5.91 Å². The molecule has 0 unspecified atom stereocenters.